The first-order valence-electron chi connectivity index (χ1n) is 12.4. The lowest BCUT2D eigenvalue weighted by Gasteiger charge is -2.35. The fraction of sp³-hybridized carbons (Fsp3) is 0.517. The Balaban J connectivity index is 1.72. The molecular formula is C29H39ClN2O4. The second-order valence-corrected chi connectivity index (χ2v) is 11.9. The van der Waals surface area contributed by atoms with Gasteiger partial charge in [0.2, 0.25) is 0 Å². The van der Waals surface area contributed by atoms with E-state index in [2.05, 4.69) is 46.4 Å². The molecule has 0 radical (unpaired) electrons. The van der Waals surface area contributed by atoms with Crippen LogP contribution in [-0.4, -0.2) is 61.6 Å². The van der Waals surface area contributed by atoms with Gasteiger partial charge in [-0.15, -0.1) is 0 Å². The highest BCUT2D eigenvalue weighted by Gasteiger charge is 2.30. The van der Waals surface area contributed by atoms with Crippen molar-refractivity contribution in [3.05, 3.63) is 63.7 Å². The number of carbonyl (C=O) groups is 2. The van der Waals surface area contributed by atoms with Crippen molar-refractivity contribution < 1.29 is 19.1 Å². The molecule has 3 rings (SSSR count). The van der Waals surface area contributed by atoms with Gasteiger partial charge in [0.15, 0.2) is 6.61 Å². The summed E-state index contributed by atoms with van der Waals surface area (Å²) in [7, 11) is 1.38. The number of esters is 1. The maximum atomic E-state index is 13.1. The number of hydrogen-bond donors (Lipinski definition) is 0. The van der Waals surface area contributed by atoms with E-state index in [1.807, 2.05) is 41.3 Å². The smallest absolute Gasteiger partial charge is 0.337 e. The topological polar surface area (TPSA) is 59.1 Å². The largest absolute Gasteiger partial charge is 0.483 e. The molecule has 2 aromatic carbocycles. The molecule has 0 saturated carbocycles. The molecule has 0 aromatic heterocycles. The van der Waals surface area contributed by atoms with Crippen LogP contribution >= 0.6 is 11.6 Å². The molecule has 1 saturated heterocycles. The number of ether oxygens (including phenoxy) is 2. The number of nitrogens with zero attached hydrogens (tertiary/aromatic N) is 2. The number of piperazine rings is 1. The van der Waals surface area contributed by atoms with Crippen LogP contribution in [0.15, 0.2) is 36.4 Å². The Morgan fingerprint density at radius 3 is 1.89 bits per heavy atom. The van der Waals surface area contributed by atoms with Crippen LogP contribution in [0.5, 0.6) is 5.75 Å². The van der Waals surface area contributed by atoms with Gasteiger partial charge in [0, 0.05) is 48.9 Å². The third-order valence-electron chi connectivity index (χ3n) is 6.51. The summed E-state index contributed by atoms with van der Waals surface area (Å²) in [5.41, 5.74) is 2.88. The lowest BCUT2D eigenvalue weighted by Crippen LogP contribution is -2.49. The van der Waals surface area contributed by atoms with Crippen LogP contribution in [-0.2, 0) is 26.9 Å². The van der Waals surface area contributed by atoms with Gasteiger partial charge in [0.1, 0.15) is 5.75 Å². The van der Waals surface area contributed by atoms with E-state index in [0.29, 0.717) is 24.4 Å². The van der Waals surface area contributed by atoms with Gasteiger partial charge >= 0.3 is 5.97 Å². The molecule has 0 bridgehead atoms. The minimum atomic E-state index is -0.384. The van der Waals surface area contributed by atoms with E-state index in [1.54, 1.807) is 0 Å². The van der Waals surface area contributed by atoms with Crippen LogP contribution in [0.3, 0.4) is 0 Å². The Morgan fingerprint density at radius 1 is 0.889 bits per heavy atom. The molecule has 196 valence electrons. The lowest BCUT2D eigenvalue weighted by molar-refractivity contribution is -0.135. The second kappa shape index (κ2) is 11.2. The van der Waals surface area contributed by atoms with Gasteiger partial charge in [-0.05, 0) is 40.7 Å². The first kappa shape index (κ1) is 28.0. The highest BCUT2D eigenvalue weighted by atomic mass is 35.5. The number of rotatable bonds is 6. The molecule has 1 amide bonds. The molecule has 0 spiro atoms. The highest BCUT2D eigenvalue weighted by molar-refractivity contribution is 6.30. The third-order valence-corrected chi connectivity index (χ3v) is 6.76. The third kappa shape index (κ3) is 7.01. The SMILES string of the molecule is COC(=O)c1cc(C(C)(C)C)c(OCC(=O)N2CCN(Cc3ccc(Cl)cc3)CC2)c(C(C)(C)C)c1. The van der Waals surface area contributed by atoms with Crippen LogP contribution in [0.2, 0.25) is 5.02 Å². The molecule has 2 aromatic rings. The van der Waals surface area contributed by atoms with Crippen molar-refractivity contribution in [2.75, 3.05) is 39.9 Å². The van der Waals surface area contributed by atoms with E-state index in [9.17, 15) is 9.59 Å². The summed E-state index contributed by atoms with van der Waals surface area (Å²) in [4.78, 5) is 29.7. The Labute approximate surface area is 220 Å². The van der Waals surface area contributed by atoms with E-state index in [4.69, 9.17) is 21.1 Å². The van der Waals surface area contributed by atoms with Crippen LogP contribution in [0.1, 0.15) is 68.6 Å². The molecule has 1 aliphatic rings. The van der Waals surface area contributed by atoms with Gasteiger partial charge in [-0.3, -0.25) is 9.69 Å². The minimum absolute atomic E-state index is 0.0297. The quantitative estimate of drug-likeness (QED) is 0.480. The fourth-order valence-electron chi connectivity index (χ4n) is 4.36. The molecule has 6 nitrogen and oxygen atoms in total. The molecule has 36 heavy (non-hydrogen) atoms. The van der Waals surface area contributed by atoms with Crippen molar-refractivity contribution in [3.8, 4) is 5.75 Å². The van der Waals surface area contributed by atoms with E-state index in [-0.39, 0.29) is 29.3 Å². The molecule has 1 aliphatic heterocycles. The van der Waals surface area contributed by atoms with E-state index in [0.717, 1.165) is 35.8 Å². The average Bonchev–Trinajstić information content (AvgIpc) is 2.82. The lowest BCUT2D eigenvalue weighted by atomic mass is 9.78. The van der Waals surface area contributed by atoms with Gasteiger partial charge in [-0.2, -0.15) is 0 Å². The van der Waals surface area contributed by atoms with Gasteiger partial charge in [0.25, 0.3) is 5.91 Å². The van der Waals surface area contributed by atoms with Crippen molar-refractivity contribution in [1.29, 1.82) is 0 Å². The standard InChI is InChI=1S/C29H39ClN2O4/c1-28(2,3)23-16-21(27(34)35-7)17-24(29(4,5)6)26(23)36-19-25(33)32-14-12-31(13-15-32)18-20-8-10-22(30)11-9-20/h8-11,16-17H,12-15,18-19H2,1-7H3. The molecule has 0 N–H and O–H groups in total. The van der Waals surface area contributed by atoms with Gasteiger partial charge in [0.05, 0.1) is 12.7 Å². The van der Waals surface area contributed by atoms with Gasteiger partial charge < -0.3 is 14.4 Å². The van der Waals surface area contributed by atoms with Crippen molar-refractivity contribution in [2.24, 2.45) is 0 Å². The Kier molecular flexibility index (Phi) is 8.73. The Hall–Kier alpha value is -2.57. The zero-order valence-corrected chi connectivity index (χ0v) is 23.4. The number of benzene rings is 2. The summed E-state index contributed by atoms with van der Waals surface area (Å²) in [6, 6.07) is 11.6. The van der Waals surface area contributed by atoms with E-state index in [1.165, 1.54) is 12.7 Å². The van der Waals surface area contributed by atoms with Crippen molar-refractivity contribution in [3.63, 3.8) is 0 Å². The number of methoxy groups -OCH3 is 1. The van der Waals surface area contributed by atoms with Gasteiger partial charge in [-0.25, -0.2) is 4.79 Å². The Bertz CT molecular complexity index is 1040. The molecular weight excluding hydrogens is 476 g/mol. The van der Waals surface area contributed by atoms with Crippen molar-refractivity contribution in [1.82, 2.24) is 9.80 Å². The van der Waals surface area contributed by atoms with Crippen LogP contribution in [0.4, 0.5) is 0 Å². The highest BCUT2D eigenvalue weighted by Crippen LogP contribution is 2.41. The Morgan fingerprint density at radius 2 is 1.42 bits per heavy atom. The molecule has 1 heterocycles. The maximum Gasteiger partial charge on any atom is 0.337 e. The summed E-state index contributed by atoms with van der Waals surface area (Å²) < 4.78 is 11.3. The number of carbonyl (C=O) groups excluding carboxylic acids is 2. The summed E-state index contributed by atoms with van der Waals surface area (Å²) in [5, 5.41) is 0.735. The summed E-state index contributed by atoms with van der Waals surface area (Å²) in [5.74, 6) is 0.264. The van der Waals surface area contributed by atoms with Crippen LogP contribution in [0, 0.1) is 0 Å². The fourth-order valence-corrected chi connectivity index (χ4v) is 4.49. The van der Waals surface area contributed by atoms with E-state index < -0.39 is 0 Å². The number of hydrogen-bond acceptors (Lipinski definition) is 5. The number of halogens is 1. The molecule has 0 aliphatic carbocycles. The molecule has 1 fully saturated rings. The number of amides is 1. The van der Waals surface area contributed by atoms with Crippen LogP contribution < -0.4 is 4.74 Å². The van der Waals surface area contributed by atoms with Gasteiger partial charge in [-0.1, -0.05) is 65.3 Å². The maximum absolute atomic E-state index is 13.1. The zero-order chi connectivity index (χ0) is 26.7. The summed E-state index contributed by atoms with van der Waals surface area (Å²) >= 11 is 5.99. The molecule has 7 heteroatoms. The predicted molar refractivity (Wildman–Crippen MR) is 144 cm³/mol. The summed E-state index contributed by atoms with van der Waals surface area (Å²) in [6.45, 7) is 16.2. The monoisotopic (exact) mass is 514 g/mol. The molecule has 0 atom stereocenters. The average molecular weight is 515 g/mol. The first-order chi connectivity index (χ1) is 16.8. The van der Waals surface area contributed by atoms with Crippen molar-refractivity contribution in [2.45, 2.75) is 58.9 Å². The predicted octanol–water partition coefficient (Wildman–Crippen LogP) is 5.44. The second-order valence-electron chi connectivity index (χ2n) is 11.5. The summed E-state index contributed by atoms with van der Waals surface area (Å²) in [6.07, 6.45) is 0. The molecule has 0 unspecified atom stereocenters. The normalized spacial score (nSPS) is 15.1. The minimum Gasteiger partial charge on any atom is -0.483 e. The zero-order valence-electron chi connectivity index (χ0n) is 22.6. The van der Waals surface area contributed by atoms with Crippen LogP contribution in [0.25, 0.3) is 0 Å². The van der Waals surface area contributed by atoms with Crippen molar-refractivity contribution >= 4 is 23.5 Å². The van der Waals surface area contributed by atoms with E-state index >= 15 is 0 Å². The first-order valence-corrected chi connectivity index (χ1v) is 12.8.